The van der Waals surface area contributed by atoms with Gasteiger partial charge in [-0.25, -0.2) is 0 Å². The number of nitriles is 1. The highest BCUT2D eigenvalue weighted by molar-refractivity contribution is 6.31. The van der Waals surface area contributed by atoms with Crippen LogP contribution in [0.25, 0.3) is 0 Å². The summed E-state index contributed by atoms with van der Waals surface area (Å²) in [4.78, 5) is 0. The molecule has 4 heteroatoms. The zero-order valence-electron chi connectivity index (χ0n) is 6.80. The maximum Gasteiger partial charge on any atom is 0.171 e. The Bertz CT molecular complexity index is 320. The number of hydrogen-bond acceptors (Lipinski definition) is 2. The predicted octanol–water partition coefficient (Wildman–Crippen LogP) is 2.52. The number of nitrogens with zero attached hydrogens (tertiary/aromatic N) is 1. The molecule has 0 aliphatic rings. The van der Waals surface area contributed by atoms with Crippen LogP contribution in [-0.2, 0) is 6.54 Å². The SMILES string of the molecule is N#CC(Cl)NCc1ccccc1Cl. The summed E-state index contributed by atoms with van der Waals surface area (Å²) in [6.45, 7) is 0.501. The van der Waals surface area contributed by atoms with Crippen LogP contribution in [0.4, 0.5) is 0 Å². The molecule has 0 aliphatic carbocycles. The van der Waals surface area contributed by atoms with Crippen molar-refractivity contribution in [3.05, 3.63) is 34.9 Å². The van der Waals surface area contributed by atoms with Crippen molar-refractivity contribution in [3.8, 4) is 6.07 Å². The van der Waals surface area contributed by atoms with Gasteiger partial charge in [-0.15, -0.1) is 0 Å². The Balaban J connectivity index is 2.56. The number of rotatable bonds is 3. The van der Waals surface area contributed by atoms with Gasteiger partial charge in [-0.2, -0.15) is 5.26 Å². The highest BCUT2D eigenvalue weighted by Gasteiger charge is 2.02. The van der Waals surface area contributed by atoms with E-state index in [1.807, 2.05) is 24.3 Å². The first kappa shape index (κ1) is 10.3. The molecular weight excluding hydrogens is 207 g/mol. The summed E-state index contributed by atoms with van der Waals surface area (Å²) >= 11 is 11.4. The smallest absolute Gasteiger partial charge is 0.171 e. The molecule has 1 rings (SSSR count). The lowest BCUT2D eigenvalue weighted by molar-refractivity contribution is 0.725. The summed E-state index contributed by atoms with van der Waals surface area (Å²) in [5.74, 6) is 0. The third kappa shape index (κ3) is 3.23. The van der Waals surface area contributed by atoms with Crippen LogP contribution in [0.5, 0.6) is 0 Å². The van der Waals surface area contributed by atoms with Gasteiger partial charge in [0.25, 0.3) is 0 Å². The van der Waals surface area contributed by atoms with E-state index in [1.165, 1.54) is 0 Å². The third-order valence-electron chi connectivity index (χ3n) is 1.54. The van der Waals surface area contributed by atoms with Gasteiger partial charge >= 0.3 is 0 Å². The Morgan fingerprint density at radius 2 is 2.15 bits per heavy atom. The molecule has 0 fully saturated rings. The normalized spacial score (nSPS) is 12.1. The first-order valence-electron chi connectivity index (χ1n) is 3.74. The first-order valence-corrected chi connectivity index (χ1v) is 4.56. The highest BCUT2D eigenvalue weighted by Crippen LogP contribution is 2.14. The molecule has 0 aromatic heterocycles. The lowest BCUT2D eigenvalue weighted by Gasteiger charge is -2.05. The fourth-order valence-electron chi connectivity index (χ4n) is 0.887. The minimum atomic E-state index is -0.670. The largest absolute Gasteiger partial charge is 0.285 e. The van der Waals surface area contributed by atoms with Crippen molar-refractivity contribution < 1.29 is 0 Å². The second-order valence-electron chi connectivity index (χ2n) is 2.46. The van der Waals surface area contributed by atoms with Gasteiger partial charge in [0.05, 0.1) is 6.07 Å². The molecule has 2 nitrogen and oxygen atoms in total. The summed E-state index contributed by atoms with van der Waals surface area (Å²) in [5.41, 5.74) is 0.265. The van der Waals surface area contributed by atoms with Crippen LogP contribution >= 0.6 is 23.2 Å². The zero-order valence-corrected chi connectivity index (χ0v) is 8.31. The van der Waals surface area contributed by atoms with Crippen molar-refractivity contribution >= 4 is 23.2 Å². The van der Waals surface area contributed by atoms with E-state index in [4.69, 9.17) is 28.5 Å². The van der Waals surface area contributed by atoms with E-state index in [-0.39, 0.29) is 0 Å². The highest BCUT2D eigenvalue weighted by atomic mass is 35.5. The molecule has 0 radical (unpaired) electrons. The maximum atomic E-state index is 8.40. The molecule has 1 unspecified atom stereocenters. The summed E-state index contributed by atoms with van der Waals surface area (Å²) < 4.78 is 0. The molecule has 1 aromatic carbocycles. The fraction of sp³-hybridized carbons (Fsp3) is 0.222. The van der Waals surface area contributed by atoms with Crippen molar-refractivity contribution in [2.75, 3.05) is 0 Å². The first-order chi connectivity index (χ1) is 6.24. The number of nitrogens with one attached hydrogen (secondary N) is 1. The van der Waals surface area contributed by atoms with Gasteiger partial charge < -0.3 is 0 Å². The van der Waals surface area contributed by atoms with Gasteiger partial charge in [0.2, 0.25) is 0 Å². The van der Waals surface area contributed by atoms with Gasteiger partial charge in [-0.3, -0.25) is 5.32 Å². The van der Waals surface area contributed by atoms with Crippen LogP contribution in [0.2, 0.25) is 5.02 Å². The van der Waals surface area contributed by atoms with Gasteiger partial charge in [0.1, 0.15) is 0 Å². The summed E-state index contributed by atoms with van der Waals surface area (Å²) in [6.07, 6.45) is 0. The van der Waals surface area contributed by atoms with E-state index < -0.39 is 5.50 Å². The van der Waals surface area contributed by atoms with E-state index in [2.05, 4.69) is 5.32 Å². The van der Waals surface area contributed by atoms with E-state index in [9.17, 15) is 0 Å². The maximum absolute atomic E-state index is 8.40. The van der Waals surface area contributed by atoms with Gasteiger partial charge in [0.15, 0.2) is 5.50 Å². The van der Waals surface area contributed by atoms with Gasteiger partial charge in [-0.1, -0.05) is 41.4 Å². The Hall–Kier alpha value is -0.750. The van der Waals surface area contributed by atoms with Crippen molar-refractivity contribution in [3.63, 3.8) is 0 Å². The minimum absolute atomic E-state index is 0.501. The number of alkyl halides is 1. The molecule has 0 heterocycles. The Morgan fingerprint density at radius 1 is 1.46 bits per heavy atom. The molecule has 0 amide bonds. The van der Waals surface area contributed by atoms with E-state index in [1.54, 1.807) is 6.07 Å². The molecule has 1 atom stereocenters. The molecule has 0 spiro atoms. The Labute approximate surface area is 87.1 Å². The molecule has 0 bridgehead atoms. The molecule has 68 valence electrons. The van der Waals surface area contributed by atoms with Gasteiger partial charge in [-0.05, 0) is 11.6 Å². The van der Waals surface area contributed by atoms with Crippen molar-refractivity contribution in [1.82, 2.24) is 5.32 Å². The number of halogens is 2. The molecule has 0 saturated carbocycles. The van der Waals surface area contributed by atoms with Crippen LogP contribution in [0.15, 0.2) is 24.3 Å². The van der Waals surface area contributed by atoms with Crippen LogP contribution in [0.3, 0.4) is 0 Å². The molecular formula is C9H8Cl2N2. The van der Waals surface area contributed by atoms with Crippen LogP contribution in [-0.4, -0.2) is 5.50 Å². The van der Waals surface area contributed by atoms with Crippen molar-refractivity contribution in [2.24, 2.45) is 0 Å². The lowest BCUT2D eigenvalue weighted by atomic mass is 10.2. The average molecular weight is 215 g/mol. The zero-order chi connectivity index (χ0) is 9.68. The second-order valence-corrected chi connectivity index (χ2v) is 3.31. The molecule has 1 N–H and O–H groups in total. The lowest BCUT2D eigenvalue weighted by Crippen LogP contribution is -2.21. The van der Waals surface area contributed by atoms with Crippen molar-refractivity contribution in [1.29, 1.82) is 5.26 Å². The fourth-order valence-corrected chi connectivity index (χ4v) is 1.17. The number of benzene rings is 1. The standard InChI is InChI=1S/C9H8Cl2N2/c10-8-4-2-1-3-7(8)6-13-9(11)5-12/h1-4,9,13H,6H2. The van der Waals surface area contributed by atoms with E-state index in [0.717, 1.165) is 5.56 Å². The molecule has 0 saturated heterocycles. The summed E-state index contributed by atoms with van der Waals surface area (Å²) in [6, 6.07) is 9.29. The van der Waals surface area contributed by atoms with Crippen LogP contribution < -0.4 is 5.32 Å². The number of hydrogen-bond donors (Lipinski definition) is 1. The third-order valence-corrected chi connectivity index (χ3v) is 2.16. The minimum Gasteiger partial charge on any atom is -0.285 e. The molecule has 13 heavy (non-hydrogen) atoms. The van der Waals surface area contributed by atoms with Crippen LogP contribution in [0, 0.1) is 11.3 Å². The van der Waals surface area contributed by atoms with E-state index in [0.29, 0.717) is 11.6 Å². The molecule has 0 aliphatic heterocycles. The predicted molar refractivity (Wildman–Crippen MR) is 53.5 cm³/mol. The Morgan fingerprint density at radius 3 is 2.77 bits per heavy atom. The topological polar surface area (TPSA) is 35.8 Å². The molecule has 1 aromatic rings. The van der Waals surface area contributed by atoms with E-state index >= 15 is 0 Å². The average Bonchev–Trinajstić information content (AvgIpc) is 2.16. The second kappa shape index (κ2) is 5.08. The monoisotopic (exact) mass is 214 g/mol. The Kier molecular flexibility index (Phi) is 4.04. The van der Waals surface area contributed by atoms with Crippen molar-refractivity contribution in [2.45, 2.75) is 12.0 Å². The quantitative estimate of drug-likeness (QED) is 0.621. The van der Waals surface area contributed by atoms with Gasteiger partial charge in [0, 0.05) is 11.6 Å². The summed E-state index contributed by atoms with van der Waals surface area (Å²) in [7, 11) is 0. The summed E-state index contributed by atoms with van der Waals surface area (Å²) in [5, 5.41) is 11.9. The van der Waals surface area contributed by atoms with Crippen LogP contribution in [0.1, 0.15) is 5.56 Å².